The highest BCUT2D eigenvalue weighted by molar-refractivity contribution is 6.31. The molecule has 1 heterocycles. The lowest BCUT2D eigenvalue weighted by molar-refractivity contribution is -0.146. The molecule has 0 aromatic heterocycles. The lowest BCUT2D eigenvalue weighted by atomic mass is 10.1. The van der Waals surface area contributed by atoms with Gasteiger partial charge < -0.3 is 10.2 Å². The fraction of sp³-hybridized carbons (Fsp3) is 0.429. The molecule has 0 aliphatic carbocycles. The van der Waals surface area contributed by atoms with Crippen molar-refractivity contribution in [2.24, 2.45) is 0 Å². The molecule has 0 spiro atoms. The fourth-order valence-electron chi connectivity index (χ4n) is 2.27. The first kappa shape index (κ1) is 13.9. The Balaban J connectivity index is 2.21. The zero-order valence-electron chi connectivity index (χ0n) is 10.9. The Morgan fingerprint density at radius 2 is 2.11 bits per heavy atom. The number of amides is 2. The second-order valence-corrected chi connectivity index (χ2v) is 5.04. The van der Waals surface area contributed by atoms with E-state index in [0.29, 0.717) is 18.0 Å². The van der Waals surface area contributed by atoms with Gasteiger partial charge >= 0.3 is 0 Å². The van der Waals surface area contributed by atoms with Gasteiger partial charge in [-0.1, -0.05) is 43.1 Å². The van der Waals surface area contributed by atoms with Crippen molar-refractivity contribution in [3.63, 3.8) is 0 Å². The van der Waals surface area contributed by atoms with Crippen LogP contribution in [-0.4, -0.2) is 29.3 Å². The molecule has 0 radical (unpaired) electrons. The predicted octanol–water partition coefficient (Wildman–Crippen LogP) is 1.97. The van der Waals surface area contributed by atoms with E-state index in [9.17, 15) is 9.59 Å². The van der Waals surface area contributed by atoms with Crippen molar-refractivity contribution in [2.75, 3.05) is 6.54 Å². The maximum absolute atomic E-state index is 12.0. The largest absolute Gasteiger partial charge is 0.345 e. The standard InChI is InChI=1S/C14H17ClN2O2/c1-2-5-12-14(19)16-8-13(18)17(12)9-10-6-3-4-7-11(10)15/h3-4,6-7,12H,2,5,8-9H2,1H3,(H,16,19). The third-order valence-electron chi connectivity index (χ3n) is 3.27. The molecule has 102 valence electrons. The van der Waals surface area contributed by atoms with Gasteiger partial charge in [0.2, 0.25) is 11.8 Å². The van der Waals surface area contributed by atoms with Gasteiger partial charge in [-0.2, -0.15) is 0 Å². The lowest BCUT2D eigenvalue weighted by Crippen LogP contribution is -2.57. The molecule has 19 heavy (non-hydrogen) atoms. The number of halogens is 1. The lowest BCUT2D eigenvalue weighted by Gasteiger charge is -2.35. The summed E-state index contributed by atoms with van der Waals surface area (Å²) in [5.74, 6) is -0.133. The van der Waals surface area contributed by atoms with Crippen LogP contribution in [0, 0.1) is 0 Å². The van der Waals surface area contributed by atoms with Crippen LogP contribution in [0.2, 0.25) is 5.02 Å². The monoisotopic (exact) mass is 280 g/mol. The van der Waals surface area contributed by atoms with E-state index in [1.54, 1.807) is 11.0 Å². The van der Waals surface area contributed by atoms with Crippen LogP contribution in [0.5, 0.6) is 0 Å². The summed E-state index contributed by atoms with van der Waals surface area (Å²) in [6, 6.07) is 7.01. The first-order chi connectivity index (χ1) is 9.13. The van der Waals surface area contributed by atoms with Gasteiger partial charge in [-0.25, -0.2) is 0 Å². The quantitative estimate of drug-likeness (QED) is 0.917. The molecule has 4 nitrogen and oxygen atoms in total. The average Bonchev–Trinajstić information content (AvgIpc) is 2.40. The number of hydrogen-bond acceptors (Lipinski definition) is 2. The van der Waals surface area contributed by atoms with E-state index in [0.717, 1.165) is 12.0 Å². The number of nitrogens with zero attached hydrogens (tertiary/aromatic N) is 1. The summed E-state index contributed by atoms with van der Waals surface area (Å²) in [5.41, 5.74) is 0.869. The average molecular weight is 281 g/mol. The summed E-state index contributed by atoms with van der Waals surface area (Å²) in [6.45, 7) is 2.46. The molecule has 1 aliphatic rings. The Kier molecular flexibility index (Phi) is 4.43. The van der Waals surface area contributed by atoms with E-state index >= 15 is 0 Å². The van der Waals surface area contributed by atoms with Gasteiger partial charge in [0.25, 0.3) is 0 Å². The molecule has 1 unspecified atom stereocenters. The Bertz CT molecular complexity index is 490. The highest BCUT2D eigenvalue weighted by Crippen LogP contribution is 2.21. The molecule has 2 amide bonds. The van der Waals surface area contributed by atoms with Gasteiger partial charge in [-0.3, -0.25) is 9.59 Å². The molecule has 1 aliphatic heterocycles. The molecule has 2 rings (SSSR count). The van der Waals surface area contributed by atoms with E-state index in [2.05, 4.69) is 5.32 Å². The van der Waals surface area contributed by atoms with Gasteiger partial charge in [0.15, 0.2) is 0 Å². The third-order valence-corrected chi connectivity index (χ3v) is 3.64. The van der Waals surface area contributed by atoms with Crippen molar-refractivity contribution in [3.05, 3.63) is 34.9 Å². The van der Waals surface area contributed by atoms with Gasteiger partial charge in [0.05, 0.1) is 6.54 Å². The smallest absolute Gasteiger partial charge is 0.243 e. The van der Waals surface area contributed by atoms with Crippen molar-refractivity contribution in [3.8, 4) is 0 Å². The van der Waals surface area contributed by atoms with Crippen LogP contribution >= 0.6 is 11.6 Å². The normalized spacial score (nSPS) is 19.5. The van der Waals surface area contributed by atoms with Crippen molar-refractivity contribution >= 4 is 23.4 Å². The van der Waals surface area contributed by atoms with E-state index in [4.69, 9.17) is 11.6 Å². The number of rotatable bonds is 4. The minimum Gasteiger partial charge on any atom is -0.345 e. The van der Waals surface area contributed by atoms with Crippen molar-refractivity contribution in [2.45, 2.75) is 32.4 Å². The maximum atomic E-state index is 12.0. The van der Waals surface area contributed by atoms with Crippen LogP contribution in [0.1, 0.15) is 25.3 Å². The first-order valence-corrected chi connectivity index (χ1v) is 6.82. The van der Waals surface area contributed by atoms with Crippen LogP contribution < -0.4 is 5.32 Å². The van der Waals surface area contributed by atoms with Crippen molar-refractivity contribution in [1.29, 1.82) is 0 Å². The van der Waals surface area contributed by atoms with Gasteiger partial charge in [-0.15, -0.1) is 0 Å². The Hall–Kier alpha value is -1.55. The summed E-state index contributed by atoms with van der Waals surface area (Å²) in [5, 5.41) is 3.26. The summed E-state index contributed by atoms with van der Waals surface area (Å²) < 4.78 is 0. The second kappa shape index (κ2) is 6.06. The summed E-state index contributed by atoms with van der Waals surface area (Å²) in [6.07, 6.45) is 1.52. The SMILES string of the molecule is CCCC1C(=O)NCC(=O)N1Cc1ccccc1Cl. The molecular weight excluding hydrogens is 264 g/mol. The third kappa shape index (κ3) is 3.07. The van der Waals surface area contributed by atoms with Crippen LogP contribution in [-0.2, 0) is 16.1 Å². The first-order valence-electron chi connectivity index (χ1n) is 6.44. The van der Waals surface area contributed by atoms with Crippen molar-refractivity contribution in [1.82, 2.24) is 10.2 Å². The molecule has 1 saturated heterocycles. The highest BCUT2D eigenvalue weighted by Gasteiger charge is 2.33. The van der Waals surface area contributed by atoms with Gasteiger partial charge in [-0.05, 0) is 18.1 Å². The van der Waals surface area contributed by atoms with E-state index in [1.807, 2.05) is 25.1 Å². The zero-order chi connectivity index (χ0) is 13.8. The Morgan fingerprint density at radius 1 is 1.37 bits per heavy atom. The Morgan fingerprint density at radius 3 is 2.79 bits per heavy atom. The van der Waals surface area contributed by atoms with Gasteiger partial charge in [0, 0.05) is 11.6 Å². The number of carbonyl (C=O) groups is 2. The second-order valence-electron chi connectivity index (χ2n) is 4.64. The molecule has 1 N–H and O–H groups in total. The van der Waals surface area contributed by atoms with Crippen LogP contribution in [0.3, 0.4) is 0 Å². The number of nitrogens with one attached hydrogen (secondary N) is 1. The molecule has 1 fully saturated rings. The molecule has 5 heteroatoms. The highest BCUT2D eigenvalue weighted by atomic mass is 35.5. The minimum atomic E-state index is -0.387. The number of hydrogen-bond donors (Lipinski definition) is 1. The summed E-state index contributed by atoms with van der Waals surface area (Å²) >= 11 is 6.11. The molecule has 1 aromatic rings. The topological polar surface area (TPSA) is 49.4 Å². The molecule has 1 atom stereocenters. The van der Waals surface area contributed by atoms with Crippen LogP contribution in [0.25, 0.3) is 0 Å². The molecule has 0 bridgehead atoms. The maximum Gasteiger partial charge on any atom is 0.243 e. The van der Waals surface area contributed by atoms with E-state index in [1.165, 1.54) is 0 Å². The predicted molar refractivity (Wildman–Crippen MR) is 73.7 cm³/mol. The summed E-state index contributed by atoms with van der Waals surface area (Å²) in [4.78, 5) is 25.5. The van der Waals surface area contributed by atoms with Crippen LogP contribution in [0.15, 0.2) is 24.3 Å². The number of piperazine rings is 1. The van der Waals surface area contributed by atoms with Crippen LogP contribution in [0.4, 0.5) is 0 Å². The number of benzene rings is 1. The molecule has 1 aromatic carbocycles. The summed E-state index contributed by atoms with van der Waals surface area (Å²) in [7, 11) is 0. The van der Waals surface area contributed by atoms with E-state index < -0.39 is 0 Å². The van der Waals surface area contributed by atoms with E-state index in [-0.39, 0.29) is 24.4 Å². The number of carbonyl (C=O) groups excluding carboxylic acids is 2. The van der Waals surface area contributed by atoms with Crippen molar-refractivity contribution < 1.29 is 9.59 Å². The fourth-order valence-corrected chi connectivity index (χ4v) is 2.46. The zero-order valence-corrected chi connectivity index (χ0v) is 11.6. The van der Waals surface area contributed by atoms with Gasteiger partial charge in [0.1, 0.15) is 6.04 Å². The molecule has 0 saturated carbocycles. The Labute approximate surface area is 117 Å². The molecular formula is C14H17ClN2O2. The minimum absolute atomic E-state index is 0.0574.